The molecule has 0 spiro atoms. The average molecular weight is 615 g/mol. The molecule has 0 bridgehead atoms. The molecule has 1 N–H and O–H groups in total. The first-order valence-corrected chi connectivity index (χ1v) is 13.8. The van der Waals surface area contributed by atoms with Crippen LogP contribution in [0.5, 0.6) is 0 Å². The minimum absolute atomic E-state index is 0.0674. The fourth-order valence-corrected chi connectivity index (χ4v) is 5.46. The number of carbonyl (C=O) groups is 1. The Labute approximate surface area is 250 Å². The maximum absolute atomic E-state index is 14.3. The van der Waals surface area contributed by atoms with Crippen molar-refractivity contribution in [2.24, 2.45) is 0 Å². The third kappa shape index (κ3) is 6.10. The Morgan fingerprint density at radius 1 is 0.833 bits per heavy atom. The highest BCUT2D eigenvalue weighted by Gasteiger charge is 2.42. The van der Waals surface area contributed by atoms with E-state index in [0.29, 0.717) is 28.2 Å². The zero-order valence-electron chi connectivity index (χ0n) is 22.2. The van der Waals surface area contributed by atoms with E-state index in [2.05, 4.69) is 5.32 Å². The van der Waals surface area contributed by atoms with E-state index in [0.717, 1.165) is 0 Å². The largest absolute Gasteiger partial charge is 0.463 e. The van der Waals surface area contributed by atoms with Crippen LogP contribution in [0.3, 0.4) is 0 Å². The van der Waals surface area contributed by atoms with Crippen LogP contribution >= 0.6 is 23.2 Å². The lowest BCUT2D eigenvalue weighted by Crippen LogP contribution is -2.41. The van der Waals surface area contributed by atoms with Gasteiger partial charge in [0, 0.05) is 23.5 Å². The first kappa shape index (κ1) is 29.5. The molecule has 0 saturated carbocycles. The van der Waals surface area contributed by atoms with Gasteiger partial charge >= 0.3 is 5.97 Å². The summed E-state index contributed by atoms with van der Waals surface area (Å²) in [7, 11) is 0. The van der Waals surface area contributed by atoms with Crippen molar-refractivity contribution in [3.05, 3.63) is 141 Å². The van der Waals surface area contributed by atoms with Crippen LogP contribution < -0.4 is 10.2 Å². The summed E-state index contributed by atoms with van der Waals surface area (Å²) in [6, 6.07) is 18.2. The first-order chi connectivity index (χ1) is 20.2. The molecule has 0 fully saturated rings. The van der Waals surface area contributed by atoms with Gasteiger partial charge in [0.1, 0.15) is 23.3 Å². The summed E-state index contributed by atoms with van der Waals surface area (Å²) in [6.45, 7) is 1.73. The average Bonchev–Trinajstić information content (AvgIpc) is 2.97. The van der Waals surface area contributed by atoms with Gasteiger partial charge < -0.3 is 15.0 Å². The molecule has 10 heteroatoms. The Kier molecular flexibility index (Phi) is 8.75. The number of rotatable bonds is 7. The monoisotopic (exact) mass is 614 g/mol. The molecule has 4 aromatic carbocycles. The lowest BCUT2D eigenvalue weighted by molar-refractivity contribution is -0.139. The molecule has 0 amide bonds. The van der Waals surface area contributed by atoms with Gasteiger partial charge in [-0.2, -0.15) is 0 Å². The van der Waals surface area contributed by atoms with E-state index < -0.39 is 41.3 Å². The van der Waals surface area contributed by atoms with Gasteiger partial charge in [0.2, 0.25) is 0 Å². The number of hydrogen-bond acceptors (Lipinski definition) is 4. The summed E-state index contributed by atoms with van der Waals surface area (Å²) in [4.78, 5) is 15.6. The molecule has 1 aliphatic heterocycles. The number of anilines is 2. The van der Waals surface area contributed by atoms with Gasteiger partial charge in [-0.15, -0.1) is 0 Å². The normalized spacial score (nSPS) is 16.9. The van der Waals surface area contributed by atoms with E-state index in [9.17, 15) is 22.4 Å². The van der Waals surface area contributed by atoms with Gasteiger partial charge in [0.25, 0.3) is 0 Å². The summed E-state index contributed by atoms with van der Waals surface area (Å²) in [5.74, 6) is -2.83. The number of esters is 1. The second-order valence-electron chi connectivity index (χ2n) is 9.60. The van der Waals surface area contributed by atoms with Crippen molar-refractivity contribution in [2.75, 3.05) is 16.8 Å². The highest BCUT2D eigenvalue weighted by molar-refractivity contribution is 6.31. The standard InChI is InChI=1S/C32H24Cl2F4N2O2/c1-2-42-32(41)30-28(39-22-11-13-26(37)24(33)15-22)17-29(18-3-7-20(35)8-4-18)40(23-12-14-27(38)25(34)16-23)31(30)19-5-9-21(36)10-6-19/h3-16,29,31,39H,2,17H2,1H3. The van der Waals surface area contributed by atoms with Crippen molar-refractivity contribution < 1.29 is 27.1 Å². The van der Waals surface area contributed by atoms with Crippen molar-refractivity contribution in [1.29, 1.82) is 0 Å². The van der Waals surface area contributed by atoms with Crippen molar-refractivity contribution in [2.45, 2.75) is 25.4 Å². The van der Waals surface area contributed by atoms with Crippen molar-refractivity contribution in [3.8, 4) is 0 Å². The zero-order chi connectivity index (χ0) is 30.0. The van der Waals surface area contributed by atoms with E-state index in [1.807, 2.05) is 4.90 Å². The number of hydrogen-bond donors (Lipinski definition) is 1. The molecule has 2 atom stereocenters. The molecule has 0 aliphatic carbocycles. The zero-order valence-corrected chi connectivity index (χ0v) is 23.7. The fraction of sp³-hybridized carbons (Fsp3) is 0.156. The molecule has 2 unspecified atom stereocenters. The number of benzene rings is 4. The molecule has 4 aromatic rings. The van der Waals surface area contributed by atoms with Crippen molar-refractivity contribution in [3.63, 3.8) is 0 Å². The Morgan fingerprint density at radius 2 is 1.40 bits per heavy atom. The number of ether oxygens (including phenoxy) is 1. The topological polar surface area (TPSA) is 41.6 Å². The van der Waals surface area contributed by atoms with Gasteiger partial charge in [-0.3, -0.25) is 0 Å². The molecule has 5 rings (SSSR count). The van der Waals surface area contributed by atoms with Crippen LogP contribution in [0.4, 0.5) is 28.9 Å². The van der Waals surface area contributed by atoms with Crippen LogP contribution in [0.1, 0.15) is 36.6 Å². The maximum Gasteiger partial charge on any atom is 0.338 e. The molecule has 0 aromatic heterocycles. The maximum atomic E-state index is 14.3. The number of nitrogens with one attached hydrogen (secondary N) is 1. The van der Waals surface area contributed by atoms with Crippen LogP contribution in [-0.4, -0.2) is 12.6 Å². The van der Waals surface area contributed by atoms with Crippen LogP contribution in [0, 0.1) is 23.3 Å². The number of nitrogens with zero attached hydrogens (tertiary/aromatic N) is 1. The van der Waals surface area contributed by atoms with Crippen LogP contribution in [0.2, 0.25) is 10.0 Å². The Hall–Kier alpha value is -4.01. The van der Waals surface area contributed by atoms with Crippen LogP contribution in [-0.2, 0) is 9.53 Å². The minimum Gasteiger partial charge on any atom is -0.463 e. The minimum atomic E-state index is -0.909. The molecule has 1 aliphatic rings. The molecule has 42 heavy (non-hydrogen) atoms. The SMILES string of the molecule is CCOC(=O)C1=C(Nc2ccc(F)c(Cl)c2)CC(c2ccc(F)cc2)N(c2ccc(F)c(Cl)c2)C1c1ccc(F)cc1. The van der Waals surface area contributed by atoms with Crippen molar-refractivity contribution >= 4 is 40.5 Å². The predicted octanol–water partition coefficient (Wildman–Crippen LogP) is 9.17. The lowest BCUT2D eigenvalue weighted by Gasteiger charge is -2.46. The predicted molar refractivity (Wildman–Crippen MR) is 155 cm³/mol. The Bertz CT molecular complexity index is 1650. The van der Waals surface area contributed by atoms with Gasteiger partial charge in [-0.25, -0.2) is 22.4 Å². The quantitative estimate of drug-likeness (QED) is 0.166. The third-order valence-corrected chi connectivity index (χ3v) is 7.54. The van der Waals surface area contributed by atoms with E-state index in [-0.39, 0.29) is 28.6 Å². The molecular formula is C32H24Cl2F4N2O2. The van der Waals surface area contributed by atoms with Crippen molar-refractivity contribution in [1.82, 2.24) is 0 Å². The molecule has 216 valence electrons. The second kappa shape index (κ2) is 12.5. The van der Waals surface area contributed by atoms with Gasteiger partial charge in [0.05, 0.1) is 34.3 Å². The number of halogens is 6. The third-order valence-electron chi connectivity index (χ3n) is 6.96. The smallest absolute Gasteiger partial charge is 0.338 e. The summed E-state index contributed by atoms with van der Waals surface area (Å²) >= 11 is 12.3. The molecule has 1 heterocycles. The Morgan fingerprint density at radius 3 is 1.98 bits per heavy atom. The molecule has 4 nitrogen and oxygen atoms in total. The first-order valence-electron chi connectivity index (χ1n) is 13.0. The lowest BCUT2D eigenvalue weighted by atomic mass is 9.84. The van der Waals surface area contributed by atoms with Crippen LogP contribution in [0.25, 0.3) is 0 Å². The second-order valence-corrected chi connectivity index (χ2v) is 10.4. The molecule has 0 radical (unpaired) electrons. The van der Waals surface area contributed by atoms with E-state index in [4.69, 9.17) is 27.9 Å². The van der Waals surface area contributed by atoms with E-state index in [1.165, 1.54) is 72.8 Å². The van der Waals surface area contributed by atoms with Gasteiger partial charge in [0.15, 0.2) is 0 Å². The Balaban J connectivity index is 1.79. The highest BCUT2D eigenvalue weighted by atomic mass is 35.5. The fourth-order valence-electron chi connectivity index (χ4n) is 5.11. The van der Waals surface area contributed by atoms with E-state index >= 15 is 0 Å². The molecule has 0 saturated heterocycles. The summed E-state index contributed by atoms with van der Waals surface area (Å²) in [6.07, 6.45) is 0.154. The summed E-state index contributed by atoms with van der Waals surface area (Å²) in [5.41, 5.74) is 2.65. The van der Waals surface area contributed by atoms with Crippen LogP contribution in [0.15, 0.2) is 96.2 Å². The summed E-state index contributed by atoms with van der Waals surface area (Å²) < 4.78 is 61.9. The molecular weight excluding hydrogens is 591 g/mol. The highest BCUT2D eigenvalue weighted by Crippen LogP contribution is 2.48. The van der Waals surface area contributed by atoms with E-state index in [1.54, 1.807) is 19.1 Å². The van der Waals surface area contributed by atoms with Gasteiger partial charge in [-0.1, -0.05) is 47.5 Å². The summed E-state index contributed by atoms with van der Waals surface area (Å²) in [5, 5.41) is 2.95. The van der Waals surface area contributed by atoms with Gasteiger partial charge in [-0.05, 0) is 78.7 Å². The number of carbonyl (C=O) groups excluding carboxylic acids is 1.